The summed E-state index contributed by atoms with van der Waals surface area (Å²) >= 11 is 0. The van der Waals surface area contributed by atoms with Crippen molar-refractivity contribution in [3.63, 3.8) is 0 Å². The number of nitrogens with two attached hydrogens (primary N) is 1. The van der Waals surface area contributed by atoms with E-state index in [1.54, 1.807) is 18.3 Å². The Labute approximate surface area is 124 Å². The van der Waals surface area contributed by atoms with Gasteiger partial charge >= 0.3 is 0 Å². The second-order valence-electron chi connectivity index (χ2n) is 5.35. The highest BCUT2D eigenvalue weighted by Crippen LogP contribution is 2.21. The van der Waals surface area contributed by atoms with Gasteiger partial charge in [-0.1, -0.05) is 12.1 Å². The van der Waals surface area contributed by atoms with Crippen molar-refractivity contribution in [2.45, 2.75) is 6.54 Å². The van der Waals surface area contributed by atoms with Crippen LogP contribution in [-0.2, 0) is 6.54 Å². The number of rotatable bonds is 3. The van der Waals surface area contributed by atoms with Crippen LogP contribution in [0, 0.1) is 0 Å². The fourth-order valence-corrected chi connectivity index (χ4v) is 2.65. The molecule has 3 N–H and O–H groups in total. The molecule has 0 bridgehead atoms. The topological polar surface area (TPSA) is 65.6 Å². The van der Waals surface area contributed by atoms with Gasteiger partial charge in [0.05, 0.1) is 5.69 Å². The molecule has 3 rings (SSSR count). The minimum Gasteiger partial charge on any atom is -0.508 e. The Morgan fingerprint density at radius 1 is 1.05 bits per heavy atom. The second kappa shape index (κ2) is 6.01. The molecule has 0 radical (unpaired) electrons. The zero-order chi connectivity index (χ0) is 14.7. The van der Waals surface area contributed by atoms with Crippen molar-refractivity contribution in [2.24, 2.45) is 0 Å². The first kappa shape index (κ1) is 13.7. The summed E-state index contributed by atoms with van der Waals surface area (Å²) in [4.78, 5) is 9.02. The fourth-order valence-electron chi connectivity index (χ4n) is 2.65. The molecule has 2 heterocycles. The first-order valence-corrected chi connectivity index (χ1v) is 7.18. The van der Waals surface area contributed by atoms with E-state index in [1.165, 1.54) is 5.56 Å². The average Bonchev–Trinajstić information content (AvgIpc) is 2.51. The van der Waals surface area contributed by atoms with Crippen LogP contribution in [0.3, 0.4) is 0 Å². The van der Waals surface area contributed by atoms with Crippen molar-refractivity contribution in [1.82, 2.24) is 9.88 Å². The molecule has 110 valence electrons. The summed E-state index contributed by atoms with van der Waals surface area (Å²) < 4.78 is 0. The molecule has 1 saturated heterocycles. The lowest BCUT2D eigenvalue weighted by Gasteiger charge is -2.35. The lowest BCUT2D eigenvalue weighted by atomic mass is 10.2. The normalized spacial score (nSPS) is 16.1. The molecule has 2 aromatic rings. The minimum atomic E-state index is 0.314. The number of pyridine rings is 1. The Hall–Kier alpha value is -2.27. The van der Waals surface area contributed by atoms with Gasteiger partial charge in [-0.3, -0.25) is 4.90 Å². The number of phenolic OH excluding ortho intramolecular Hbond substituents is 1. The van der Waals surface area contributed by atoms with E-state index in [0.717, 1.165) is 44.2 Å². The minimum absolute atomic E-state index is 0.314. The van der Waals surface area contributed by atoms with Crippen LogP contribution in [0.25, 0.3) is 0 Å². The Bertz CT molecular complexity index is 591. The molecular formula is C16H20N4O. The van der Waals surface area contributed by atoms with E-state index in [-0.39, 0.29) is 0 Å². The van der Waals surface area contributed by atoms with Gasteiger partial charge in [0.15, 0.2) is 5.82 Å². The molecule has 1 fully saturated rings. The van der Waals surface area contributed by atoms with Crippen molar-refractivity contribution in [3.05, 3.63) is 48.2 Å². The third-order valence-corrected chi connectivity index (χ3v) is 3.83. The molecule has 0 spiro atoms. The van der Waals surface area contributed by atoms with E-state index in [9.17, 15) is 5.11 Å². The molecule has 1 aromatic heterocycles. The summed E-state index contributed by atoms with van der Waals surface area (Å²) in [6.45, 7) is 4.73. The van der Waals surface area contributed by atoms with Gasteiger partial charge < -0.3 is 15.7 Å². The molecule has 1 aromatic carbocycles. The highest BCUT2D eigenvalue weighted by Gasteiger charge is 2.19. The Kier molecular flexibility index (Phi) is 3.92. The van der Waals surface area contributed by atoms with Crippen molar-refractivity contribution < 1.29 is 5.11 Å². The number of aromatic nitrogens is 1. The van der Waals surface area contributed by atoms with Crippen LogP contribution in [0.5, 0.6) is 5.75 Å². The van der Waals surface area contributed by atoms with Gasteiger partial charge in [-0.2, -0.15) is 0 Å². The molecule has 1 aliphatic rings. The summed E-state index contributed by atoms with van der Waals surface area (Å²) in [6, 6.07) is 11.2. The van der Waals surface area contributed by atoms with E-state index in [0.29, 0.717) is 5.75 Å². The van der Waals surface area contributed by atoms with Crippen LogP contribution in [0.15, 0.2) is 42.6 Å². The lowest BCUT2D eigenvalue weighted by molar-refractivity contribution is 0.249. The molecule has 0 amide bonds. The van der Waals surface area contributed by atoms with E-state index in [2.05, 4.69) is 14.8 Å². The fraction of sp³-hybridized carbons (Fsp3) is 0.312. The molecular weight excluding hydrogens is 264 g/mol. The standard InChI is InChI=1S/C16H20N4O/c17-15-2-1-7-18-16(15)20-10-8-19(9-11-20)12-13-3-5-14(21)6-4-13/h1-7,21H,8-12,17H2. The SMILES string of the molecule is Nc1cccnc1N1CCN(Cc2ccc(O)cc2)CC1. The summed E-state index contributed by atoms with van der Waals surface area (Å²) in [7, 11) is 0. The first-order valence-electron chi connectivity index (χ1n) is 7.18. The van der Waals surface area contributed by atoms with Gasteiger partial charge in [0.25, 0.3) is 0 Å². The van der Waals surface area contributed by atoms with Crippen LogP contribution < -0.4 is 10.6 Å². The summed E-state index contributed by atoms with van der Waals surface area (Å²) in [6.07, 6.45) is 1.79. The highest BCUT2D eigenvalue weighted by molar-refractivity contribution is 5.62. The lowest BCUT2D eigenvalue weighted by Crippen LogP contribution is -2.46. The van der Waals surface area contributed by atoms with Gasteiger partial charge in [0.2, 0.25) is 0 Å². The van der Waals surface area contributed by atoms with Crippen LogP contribution in [0.1, 0.15) is 5.56 Å². The van der Waals surface area contributed by atoms with Crippen LogP contribution in [-0.4, -0.2) is 41.2 Å². The number of hydrogen-bond acceptors (Lipinski definition) is 5. The maximum atomic E-state index is 9.31. The average molecular weight is 284 g/mol. The predicted octanol–water partition coefficient (Wildman–Crippen LogP) is 1.69. The van der Waals surface area contributed by atoms with Crippen LogP contribution >= 0.6 is 0 Å². The Balaban J connectivity index is 1.58. The van der Waals surface area contributed by atoms with Gasteiger partial charge in [0, 0.05) is 38.9 Å². The van der Waals surface area contributed by atoms with Gasteiger partial charge in [0.1, 0.15) is 5.75 Å². The van der Waals surface area contributed by atoms with E-state index >= 15 is 0 Å². The first-order chi connectivity index (χ1) is 10.2. The number of aromatic hydroxyl groups is 1. The predicted molar refractivity (Wildman–Crippen MR) is 84.2 cm³/mol. The van der Waals surface area contributed by atoms with E-state index in [1.807, 2.05) is 24.3 Å². The maximum Gasteiger partial charge on any atom is 0.151 e. The third-order valence-electron chi connectivity index (χ3n) is 3.83. The molecule has 5 heteroatoms. The van der Waals surface area contributed by atoms with E-state index in [4.69, 9.17) is 5.73 Å². The number of hydrogen-bond donors (Lipinski definition) is 2. The Morgan fingerprint density at radius 3 is 2.43 bits per heavy atom. The van der Waals surface area contributed by atoms with Crippen molar-refractivity contribution in [2.75, 3.05) is 36.8 Å². The number of nitrogens with zero attached hydrogens (tertiary/aromatic N) is 3. The molecule has 0 atom stereocenters. The van der Waals surface area contributed by atoms with Gasteiger partial charge in [-0.15, -0.1) is 0 Å². The van der Waals surface area contributed by atoms with E-state index < -0.39 is 0 Å². The molecule has 5 nitrogen and oxygen atoms in total. The number of anilines is 2. The van der Waals surface area contributed by atoms with Crippen LogP contribution in [0.2, 0.25) is 0 Å². The third kappa shape index (κ3) is 3.25. The molecule has 0 saturated carbocycles. The maximum absolute atomic E-state index is 9.31. The summed E-state index contributed by atoms with van der Waals surface area (Å²) in [5.74, 6) is 1.20. The molecule has 21 heavy (non-hydrogen) atoms. The molecule has 0 unspecified atom stereocenters. The Morgan fingerprint density at radius 2 is 1.76 bits per heavy atom. The largest absolute Gasteiger partial charge is 0.508 e. The van der Waals surface area contributed by atoms with Crippen molar-refractivity contribution >= 4 is 11.5 Å². The summed E-state index contributed by atoms with van der Waals surface area (Å²) in [5.41, 5.74) is 7.94. The highest BCUT2D eigenvalue weighted by atomic mass is 16.3. The molecule has 0 aliphatic carbocycles. The molecule has 1 aliphatic heterocycles. The number of piperazine rings is 1. The van der Waals surface area contributed by atoms with Crippen LogP contribution in [0.4, 0.5) is 11.5 Å². The number of nitrogen functional groups attached to an aromatic ring is 1. The summed E-state index contributed by atoms with van der Waals surface area (Å²) in [5, 5.41) is 9.31. The number of benzene rings is 1. The van der Waals surface area contributed by atoms with Gasteiger partial charge in [-0.05, 0) is 29.8 Å². The quantitative estimate of drug-likeness (QED) is 0.898. The smallest absolute Gasteiger partial charge is 0.151 e. The zero-order valence-electron chi connectivity index (χ0n) is 11.9. The number of phenols is 1. The van der Waals surface area contributed by atoms with Crippen molar-refractivity contribution in [1.29, 1.82) is 0 Å². The van der Waals surface area contributed by atoms with Gasteiger partial charge in [-0.25, -0.2) is 4.98 Å². The monoisotopic (exact) mass is 284 g/mol. The zero-order valence-corrected chi connectivity index (χ0v) is 11.9. The second-order valence-corrected chi connectivity index (χ2v) is 5.35. The van der Waals surface area contributed by atoms with Crippen molar-refractivity contribution in [3.8, 4) is 5.75 Å².